The first kappa shape index (κ1) is 19.2. The van der Waals surface area contributed by atoms with E-state index in [-0.39, 0.29) is 24.4 Å². The molecule has 1 aromatic heterocycles. The molecule has 0 radical (unpaired) electrons. The van der Waals surface area contributed by atoms with E-state index in [2.05, 4.69) is 17.6 Å². The topological polar surface area (TPSA) is 76.0 Å². The third-order valence-electron chi connectivity index (χ3n) is 5.15. The van der Waals surface area contributed by atoms with Crippen LogP contribution in [-0.4, -0.2) is 27.4 Å². The molecule has 1 aliphatic rings. The van der Waals surface area contributed by atoms with Crippen LogP contribution in [-0.2, 0) is 17.8 Å². The first-order valence-corrected chi connectivity index (χ1v) is 10.3. The second-order valence-electron chi connectivity index (χ2n) is 7.55. The minimum atomic E-state index is -0.169. The van der Waals surface area contributed by atoms with Gasteiger partial charge in [0.25, 0.3) is 5.91 Å². The van der Waals surface area contributed by atoms with Crippen molar-refractivity contribution in [1.82, 2.24) is 14.9 Å². The first-order chi connectivity index (χ1) is 14.2. The summed E-state index contributed by atoms with van der Waals surface area (Å²) < 4.78 is 1.98. The van der Waals surface area contributed by atoms with Crippen molar-refractivity contribution in [3.8, 4) is 0 Å². The minimum absolute atomic E-state index is 0.139. The van der Waals surface area contributed by atoms with E-state index in [1.165, 1.54) is 0 Å². The maximum atomic E-state index is 12.9. The van der Waals surface area contributed by atoms with Crippen LogP contribution in [0.1, 0.15) is 48.8 Å². The fourth-order valence-electron chi connectivity index (χ4n) is 3.44. The molecule has 1 saturated carbocycles. The number of amides is 2. The quantitative estimate of drug-likeness (QED) is 0.612. The molecule has 29 heavy (non-hydrogen) atoms. The summed E-state index contributed by atoms with van der Waals surface area (Å²) in [6.45, 7) is 2.31. The van der Waals surface area contributed by atoms with E-state index in [1.807, 2.05) is 41.0 Å². The Hall–Kier alpha value is -3.15. The van der Waals surface area contributed by atoms with E-state index in [0.29, 0.717) is 11.3 Å². The number of carbonyl (C=O) groups excluding carboxylic acids is 2. The Kier molecular flexibility index (Phi) is 5.60. The molecule has 0 spiro atoms. The van der Waals surface area contributed by atoms with Gasteiger partial charge in [0.1, 0.15) is 12.4 Å². The van der Waals surface area contributed by atoms with Crippen LogP contribution in [0.25, 0.3) is 11.0 Å². The van der Waals surface area contributed by atoms with E-state index in [0.717, 1.165) is 49.0 Å². The van der Waals surface area contributed by atoms with Gasteiger partial charge in [-0.2, -0.15) is 0 Å². The van der Waals surface area contributed by atoms with Crippen LogP contribution in [0.3, 0.4) is 0 Å². The third-order valence-corrected chi connectivity index (χ3v) is 5.15. The number of hydrogen-bond acceptors (Lipinski definition) is 3. The fraction of sp³-hybridized carbons (Fsp3) is 0.348. The molecular weight excluding hydrogens is 364 g/mol. The van der Waals surface area contributed by atoms with Gasteiger partial charge in [-0.25, -0.2) is 4.98 Å². The van der Waals surface area contributed by atoms with Crippen LogP contribution in [0.4, 0.5) is 5.69 Å². The molecule has 0 aliphatic heterocycles. The largest absolute Gasteiger partial charge is 0.349 e. The number of nitrogens with one attached hydrogen (secondary N) is 2. The van der Waals surface area contributed by atoms with Gasteiger partial charge in [-0.05, 0) is 43.5 Å². The van der Waals surface area contributed by atoms with Crippen molar-refractivity contribution in [2.45, 2.75) is 51.6 Å². The fourth-order valence-corrected chi connectivity index (χ4v) is 3.44. The van der Waals surface area contributed by atoms with Gasteiger partial charge in [-0.3, -0.25) is 9.59 Å². The van der Waals surface area contributed by atoms with Gasteiger partial charge in [0.15, 0.2) is 0 Å². The maximum absolute atomic E-state index is 12.9. The predicted molar refractivity (Wildman–Crippen MR) is 114 cm³/mol. The first-order valence-electron chi connectivity index (χ1n) is 10.3. The van der Waals surface area contributed by atoms with Gasteiger partial charge in [-0.1, -0.05) is 37.6 Å². The highest BCUT2D eigenvalue weighted by molar-refractivity contribution is 6.04. The summed E-state index contributed by atoms with van der Waals surface area (Å²) in [6, 6.07) is 15.3. The lowest BCUT2D eigenvalue weighted by Crippen LogP contribution is -2.27. The van der Waals surface area contributed by atoms with Crippen LogP contribution in [0, 0.1) is 0 Å². The van der Waals surface area contributed by atoms with Crippen molar-refractivity contribution >= 4 is 28.5 Å². The summed E-state index contributed by atoms with van der Waals surface area (Å²) in [4.78, 5) is 30.1. The molecule has 1 fully saturated rings. The summed E-state index contributed by atoms with van der Waals surface area (Å²) in [5.41, 5.74) is 2.88. The number of imidazole rings is 1. The lowest BCUT2D eigenvalue weighted by molar-refractivity contribution is -0.116. The normalized spacial score (nSPS) is 13.4. The standard InChI is InChI=1S/C23H26N4O2/c1-2-3-12-21-25-19-10-6-7-11-20(19)27(21)15-22(28)26-18-9-5-4-8-17(18)23(29)24-16-13-14-16/h4-11,16H,2-3,12-15H2,1H3,(H,24,29)(H,26,28). The Bertz CT molecular complexity index is 1040. The number of aromatic nitrogens is 2. The third kappa shape index (κ3) is 4.47. The van der Waals surface area contributed by atoms with Crippen LogP contribution < -0.4 is 10.6 Å². The van der Waals surface area contributed by atoms with Gasteiger partial charge in [0, 0.05) is 12.5 Å². The lowest BCUT2D eigenvalue weighted by atomic mass is 10.1. The van der Waals surface area contributed by atoms with Crippen LogP contribution in [0.5, 0.6) is 0 Å². The number of para-hydroxylation sites is 3. The number of rotatable bonds is 8. The molecule has 150 valence electrons. The Morgan fingerprint density at radius 3 is 2.66 bits per heavy atom. The van der Waals surface area contributed by atoms with Gasteiger partial charge in [0.05, 0.1) is 22.3 Å². The molecule has 0 bridgehead atoms. The second-order valence-corrected chi connectivity index (χ2v) is 7.55. The highest BCUT2D eigenvalue weighted by Crippen LogP contribution is 2.22. The molecule has 1 heterocycles. The lowest BCUT2D eigenvalue weighted by Gasteiger charge is -2.13. The molecule has 0 saturated heterocycles. The number of carbonyl (C=O) groups is 2. The number of nitrogens with zero attached hydrogens (tertiary/aromatic N) is 2. The SMILES string of the molecule is CCCCc1nc2ccccc2n1CC(=O)Nc1ccccc1C(=O)NC1CC1. The van der Waals surface area contributed by atoms with Crippen molar-refractivity contribution in [3.05, 3.63) is 59.9 Å². The number of anilines is 1. The van der Waals surface area contributed by atoms with Crippen LogP contribution in [0.15, 0.2) is 48.5 Å². The summed E-state index contributed by atoms with van der Waals surface area (Å²) in [6.07, 6.45) is 4.97. The molecular formula is C23H26N4O2. The molecule has 2 aromatic carbocycles. The molecule has 3 aromatic rings. The Morgan fingerprint density at radius 1 is 1.10 bits per heavy atom. The zero-order chi connectivity index (χ0) is 20.2. The number of benzene rings is 2. The van der Waals surface area contributed by atoms with E-state index in [9.17, 15) is 9.59 Å². The van der Waals surface area contributed by atoms with E-state index >= 15 is 0 Å². The van der Waals surface area contributed by atoms with Crippen molar-refractivity contribution < 1.29 is 9.59 Å². The summed E-state index contributed by atoms with van der Waals surface area (Å²) >= 11 is 0. The smallest absolute Gasteiger partial charge is 0.253 e. The average molecular weight is 390 g/mol. The second kappa shape index (κ2) is 8.47. The molecule has 6 nitrogen and oxygen atoms in total. The number of fused-ring (bicyclic) bond motifs is 1. The number of hydrogen-bond donors (Lipinski definition) is 2. The average Bonchev–Trinajstić information content (AvgIpc) is 3.47. The molecule has 0 unspecified atom stereocenters. The summed E-state index contributed by atoms with van der Waals surface area (Å²) in [5.74, 6) is 0.612. The molecule has 2 amide bonds. The maximum Gasteiger partial charge on any atom is 0.253 e. The highest BCUT2D eigenvalue weighted by Gasteiger charge is 2.25. The molecule has 0 atom stereocenters. The molecule has 6 heteroatoms. The monoisotopic (exact) mass is 390 g/mol. The zero-order valence-electron chi connectivity index (χ0n) is 16.6. The van der Waals surface area contributed by atoms with E-state index < -0.39 is 0 Å². The van der Waals surface area contributed by atoms with Crippen molar-refractivity contribution in [2.24, 2.45) is 0 Å². The van der Waals surface area contributed by atoms with Gasteiger partial charge in [0.2, 0.25) is 5.91 Å². The van der Waals surface area contributed by atoms with Gasteiger partial charge < -0.3 is 15.2 Å². The summed E-state index contributed by atoms with van der Waals surface area (Å²) in [5, 5.41) is 5.90. The van der Waals surface area contributed by atoms with Crippen LogP contribution in [0.2, 0.25) is 0 Å². The Balaban J connectivity index is 1.54. The van der Waals surface area contributed by atoms with Gasteiger partial charge in [-0.15, -0.1) is 0 Å². The van der Waals surface area contributed by atoms with E-state index in [1.54, 1.807) is 12.1 Å². The molecule has 1 aliphatic carbocycles. The van der Waals surface area contributed by atoms with Crippen molar-refractivity contribution in [1.29, 1.82) is 0 Å². The molecule has 2 N–H and O–H groups in total. The Morgan fingerprint density at radius 2 is 1.86 bits per heavy atom. The van der Waals surface area contributed by atoms with Crippen molar-refractivity contribution in [2.75, 3.05) is 5.32 Å². The number of aryl methyl sites for hydroxylation is 1. The van der Waals surface area contributed by atoms with Crippen molar-refractivity contribution in [3.63, 3.8) is 0 Å². The van der Waals surface area contributed by atoms with Crippen LogP contribution >= 0.6 is 0 Å². The molecule has 4 rings (SSSR count). The van der Waals surface area contributed by atoms with E-state index in [4.69, 9.17) is 4.98 Å². The zero-order valence-corrected chi connectivity index (χ0v) is 16.6. The van der Waals surface area contributed by atoms with Gasteiger partial charge >= 0.3 is 0 Å². The summed E-state index contributed by atoms with van der Waals surface area (Å²) in [7, 11) is 0. The predicted octanol–water partition coefficient (Wildman–Crippen LogP) is 3.91. The highest BCUT2D eigenvalue weighted by atomic mass is 16.2. The Labute approximate surface area is 170 Å². The number of unbranched alkanes of at least 4 members (excludes halogenated alkanes) is 1. The minimum Gasteiger partial charge on any atom is -0.349 e.